The Labute approximate surface area is 286 Å². The normalized spacial score (nSPS) is 30.2. The van der Waals surface area contributed by atoms with Gasteiger partial charge >= 0.3 is 0 Å². The first-order valence-electron chi connectivity index (χ1n) is 17.1. The van der Waals surface area contributed by atoms with Crippen molar-refractivity contribution in [1.29, 1.82) is 0 Å². The predicted octanol–water partition coefficient (Wildman–Crippen LogP) is 8.15. The van der Waals surface area contributed by atoms with Gasteiger partial charge in [-0.1, -0.05) is 89.0 Å². The Morgan fingerprint density at radius 2 is 1.00 bits per heavy atom. The summed E-state index contributed by atoms with van der Waals surface area (Å²) < 4.78 is 0. The number of allylic oxidation sites excluding steroid dienone is 6. The highest BCUT2D eigenvalue weighted by atomic mass is 16.4. The van der Waals surface area contributed by atoms with Crippen LogP contribution in [0.2, 0.25) is 0 Å². The molecular formula is C38H70N4O5. The van der Waals surface area contributed by atoms with E-state index in [1.54, 1.807) is 12.5 Å². The summed E-state index contributed by atoms with van der Waals surface area (Å²) in [6, 6.07) is 0. The lowest BCUT2D eigenvalue weighted by Gasteiger charge is -2.21. The van der Waals surface area contributed by atoms with Crippen LogP contribution in [0.15, 0.2) is 38.9 Å². The van der Waals surface area contributed by atoms with Crippen LogP contribution in [0.5, 0.6) is 0 Å². The first-order chi connectivity index (χ1) is 21.2. The number of ketones is 1. The zero-order chi connectivity index (χ0) is 36.2. The van der Waals surface area contributed by atoms with Crippen molar-refractivity contribution in [3.63, 3.8) is 0 Å². The first-order valence-corrected chi connectivity index (χ1v) is 17.1. The number of hydrogen-bond donors (Lipinski definition) is 5. The van der Waals surface area contributed by atoms with E-state index in [2.05, 4.69) is 74.2 Å². The molecule has 47 heavy (non-hydrogen) atoms. The second kappa shape index (κ2) is 21.0. The Hall–Kier alpha value is -3.10. The predicted molar refractivity (Wildman–Crippen MR) is 196 cm³/mol. The third kappa shape index (κ3) is 12.8. The minimum absolute atomic E-state index is 0. The van der Waals surface area contributed by atoms with Gasteiger partial charge < -0.3 is 27.4 Å². The van der Waals surface area contributed by atoms with Crippen molar-refractivity contribution in [3.8, 4) is 0 Å². The van der Waals surface area contributed by atoms with Gasteiger partial charge in [-0.3, -0.25) is 19.4 Å². The number of rotatable bonds is 5. The standard InChI is InChI=1S/C12H21NO.C12H19N.C9H18N2.2C2H4O2.CH4/c1-5-10-8(3)11(6-7(2)14)12(13)9(10)4;1-5-10-8(3)11-6-7(2)13-12(11)9(10)4;1-4-7-5(2)8(10)9(11)6(7)3;2*1-2(3)4;/h8-10H,5-6,13H2,1-4H3;8-10H,5-6H2,1-4H3;5-7H,4,10-11H2,1-3H3;2*1H3,(H,3,4);1H4. The average Bonchev–Trinajstić information content (AvgIpc) is 3.57. The Bertz CT molecular complexity index is 1150. The van der Waals surface area contributed by atoms with Gasteiger partial charge in [0.15, 0.2) is 0 Å². The van der Waals surface area contributed by atoms with Gasteiger partial charge in [0.1, 0.15) is 5.78 Å². The Morgan fingerprint density at radius 1 is 0.660 bits per heavy atom. The summed E-state index contributed by atoms with van der Waals surface area (Å²) in [6.07, 6.45) is 5.31. The SMILES string of the molecule is C.CC(=O)O.CC(=O)O.CCC1C(C)C(N)=C(CC(C)=O)C1C.CCC1C(C)C(N)=C(N)C1C.CCC1C(C)C2=C(N=C(C)C2)C1C. The highest BCUT2D eigenvalue weighted by molar-refractivity contribution is 5.88. The van der Waals surface area contributed by atoms with E-state index < -0.39 is 11.9 Å². The molecule has 0 saturated heterocycles. The van der Waals surface area contributed by atoms with Crippen molar-refractivity contribution in [1.82, 2.24) is 0 Å². The van der Waals surface area contributed by atoms with E-state index in [4.69, 9.17) is 37.0 Å². The van der Waals surface area contributed by atoms with Gasteiger partial charge in [-0.15, -0.1) is 0 Å². The summed E-state index contributed by atoms with van der Waals surface area (Å²) in [5, 5.41) is 14.8. The largest absolute Gasteiger partial charge is 0.481 e. The molecule has 0 saturated carbocycles. The molecule has 0 amide bonds. The summed E-state index contributed by atoms with van der Waals surface area (Å²) in [5.74, 6) is 4.07. The molecule has 8 N–H and O–H groups in total. The van der Waals surface area contributed by atoms with Gasteiger partial charge in [-0.2, -0.15) is 0 Å². The highest BCUT2D eigenvalue weighted by Crippen LogP contribution is 2.47. The lowest BCUT2D eigenvalue weighted by atomic mass is 9.85. The summed E-state index contributed by atoms with van der Waals surface area (Å²) >= 11 is 0. The second-order valence-electron chi connectivity index (χ2n) is 13.7. The molecule has 4 rings (SSSR count). The van der Waals surface area contributed by atoms with Gasteiger partial charge in [0.05, 0.1) is 0 Å². The smallest absolute Gasteiger partial charge is 0.300 e. The van der Waals surface area contributed by atoms with Crippen molar-refractivity contribution in [2.45, 2.75) is 130 Å². The molecular weight excluding hydrogens is 592 g/mol. The highest BCUT2D eigenvalue weighted by Gasteiger charge is 2.39. The lowest BCUT2D eigenvalue weighted by Crippen LogP contribution is -2.15. The Morgan fingerprint density at radius 3 is 1.30 bits per heavy atom. The number of nitrogens with two attached hydrogens (primary N) is 3. The summed E-state index contributed by atoms with van der Waals surface area (Å²) in [5.41, 5.74) is 26.1. The van der Waals surface area contributed by atoms with Crippen LogP contribution in [-0.4, -0.2) is 33.6 Å². The van der Waals surface area contributed by atoms with Crippen LogP contribution in [-0.2, 0) is 14.4 Å². The van der Waals surface area contributed by atoms with Crippen LogP contribution in [0.3, 0.4) is 0 Å². The molecule has 0 radical (unpaired) electrons. The molecule has 9 heteroatoms. The maximum atomic E-state index is 11.1. The third-order valence-corrected chi connectivity index (χ3v) is 10.5. The number of Topliss-reactive ketones (excluding diaryl/α,β-unsaturated/α-hetero) is 1. The molecule has 0 aromatic rings. The van der Waals surface area contributed by atoms with E-state index in [0.29, 0.717) is 47.8 Å². The van der Waals surface area contributed by atoms with E-state index in [0.717, 1.165) is 55.6 Å². The zero-order valence-electron chi connectivity index (χ0n) is 31.0. The van der Waals surface area contributed by atoms with E-state index >= 15 is 0 Å². The van der Waals surface area contributed by atoms with Crippen LogP contribution >= 0.6 is 0 Å². The molecule has 4 aliphatic rings. The summed E-state index contributed by atoms with van der Waals surface area (Å²) in [4.78, 5) is 33.8. The molecule has 3 aliphatic carbocycles. The maximum Gasteiger partial charge on any atom is 0.300 e. The lowest BCUT2D eigenvalue weighted by molar-refractivity contribution is -0.135. The van der Waals surface area contributed by atoms with Gasteiger partial charge in [-0.05, 0) is 60.5 Å². The van der Waals surface area contributed by atoms with Crippen molar-refractivity contribution in [2.24, 2.45) is 75.5 Å². The number of nitrogens with zero attached hydrogens (tertiary/aromatic N) is 1. The number of hydrogen-bond acceptors (Lipinski definition) is 7. The van der Waals surface area contributed by atoms with Gasteiger partial charge in [0, 0.05) is 72.9 Å². The minimum Gasteiger partial charge on any atom is -0.481 e. The van der Waals surface area contributed by atoms with Crippen molar-refractivity contribution in [2.75, 3.05) is 0 Å². The number of carboxylic acids is 2. The van der Waals surface area contributed by atoms with E-state index in [1.807, 2.05) is 0 Å². The number of aliphatic imine (C=N–C) groups is 1. The average molecular weight is 663 g/mol. The van der Waals surface area contributed by atoms with Crippen molar-refractivity contribution < 1.29 is 24.6 Å². The van der Waals surface area contributed by atoms with Crippen LogP contribution in [0.1, 0.15) is 130 Å². The minimum atomic E-state index is -0.833. The molecule has 0 aromatic carbocycles. The van der Waals surface area contributed by atoms with Crippen LogP contribution in [0.25, 0.3) is 0 Å². The molecule has 9 nitrogen and oxygen atoms in total. The Balaban J connectivity index is 0. The molecule has 0 bridgehead atoms. The number of carbonyl (C=O) groups is 3. The fraction of sp³-hybridized carbons (Fsp3) is 0.737. The molecule has 0 spiro atoms. The monoisotopic (exact) mass is 663 g/mol. The molecule has 8 atom stereocenters. The van der Waals surface area contributed by atoms with Crippen LogP contribution in [0.4, 0.5) is 0 Å². The van der Waals surface area contributed by atoms with E-state index in [1.165, 1.54) is 29.8 Å². The first kappa shape index (κ1) is 46.0. The van der Waals surface area contributed by atoms with Crippen LogP contribution < -0.4 is 17.2 Å². The van der Waals surface area contributed by atoms with Gasteiger partial charge in [0.25, 0.3) is 11.9 Å². The molecule has 1 heterocycles. The molecule has 272 valence electrons. The maximum absolute atomic E-state index is 11.1. The quantitative estimate of drug-likeness (QED) is 0.195. The fourth-order valence-corrected chi connectivity index (χ4v) is 7.92. The zero-order valence-corrected chi connectivity index (χ0v) is 31.0. The van der Waals surface area contributed by atoms with Crippen LogP contribution in [0, 0.1) is 53.3 Å². The van der Waals surface area contributed by atoms with Gasteiger partial charge in [-0.25, -0.2) is 0 Å². The molecule has 0 fully saturated rings. The molecule has 8 unspecified atom stereocenters. The topological polar surface area (TPSA) is 182 Å². The second-order valence-corrected chi connectivity index (χ2v) is 13.7. The Kier molecular flexibility index (Phi) is 20.6. The number of carbonyl (C=O) groups excluding carboxylic acids is 1. The summed E-state index contributed by atoms with van der Waals surface area (Å²) in [6.45, 7) is 26.1. The van der Waals surface area contributed by atoms with Gasteiger partial charge in [0.2, 0.25) is 0 Å². The van der Waals surface area contributed by atoms with Crippen molar-refractivity contribution in [3.05, 3.63) is 33.9 Å². The number of aliphatic carboxylic acids is 2. The summed E-state index contributed by atoms with van der Waals surface area (Å²) in [7, 11) is 0. The molecule has 0 aromatic heterocycles. The third-order valence-electron chi connectivity index (χ3n) is 10.5. The fourth-order valence-electron chi connectivity index (χ4n) is 7.92. The van der Waals surface area contributed by atoms with Crippen molar-refractivity contribution >= 4 is 23.4 Å². The van der Waals surface area contributed by atoms with E-state index in [9.17, 15) is 4.79 Å². The molecule has 1 aliphatic heterocycles. The van der Waals surface area contributed by atoms with E-state index in [-0.39, 0.29) is 13.2 Å². The number of carboxylic acid groups (broad SMARTS) is 2.